The summed E-state index contributed by atoms with van der Waals surface area (Å²) in [5.74, 6) is 0.563. The van der Waals surface area contributed by atoms with Crippen molar-refractivity contribution < 1.29 is 9.53 Å². The van der Waals surface area contributed by atoms with E-state index in [1.165, 1.54) is 12.8 Å². The molecule has 3 aliphatic rings. The van der Waals surface area contributed by atoms with Crippen LogP contribution in [0.15, 0.2) is 12.4 Å². The molecule has 5 rings (SSSR count). The van der Waals surface area contributed by atoms with Crippen molar-refractivity contribution in [1.82, 2.24) is 24.7 Å². The quantitative estimate of drug-likeness (QED) is 0.848. The van der Waals surface area contributed by atoms with Gasteiger partial charge in [0.15, 0.2) is 0 Å². The van der Waals surface area contributed by atoms with Crippen LogP contribution in [0.1, 0.15) is 37.8 Å². The molecule has 2 aromatic rings. The Kier molecular flexibility index (Phi) is 2.81. The van der Waals surface area contributed by atoms with Crippen molar-refractivity contribution in [2.24, 2.45) is 0 Å². The Bertz CT molecular complexity index is 816. The number of cyclic esters (lactones) is 1. The predicted octanol–water partition coefficient (Wildman–Crippen LogP) is 1.42. The van der Waals surface area contributed by atoms with Crippen molar-refractivity contribution in [2.45, 2.75) is 37.6 Å². The van der Waals surface area contributed by atoms with Gasteiger partial charge in [0.2, 0.25) is 5.65 Å². The Morgan fingerprint density at radius 3 is 3.04 bits per heavy atom. The van der Waals surface area contributed by atoms with Crippen LogP contribution in [0.5, 0.6) is 0 Å². The van der Waals surface area contributed by atoms with Crippen LogP contribution in [-0.4, -0.2) is 62.6 Å². The maximum absolute atomic E-state index is 12.0. The fourth-order valence-electron chi connectivity index (χ4n) is 3.91. The van der Waals surface area contributed by atoms with Gasteiger partial charge in [-0.15, -0.1) is 10.2 Å². The minimum atomic E-state index is -0.241. The average molecular weight is 328 g/mol. The lowest BCUT2D eigenvalue weighted by atomic mass is 9.92. The second-order valence-electron chi connectivity index (χ2n) is 7.03. The molecule has 8 nitrogen and oxygen atoms in total. The van der Waals surface area contributed by atoms with E-state index in [1.807, 2.05) is 4.90 Å². The fourth-order valence-corrected chi connectivity index (χ4v) is 3.91. The lowest BCUT2D eigenvalue weighted by Gasteiger charge is -2.45. The van der Waals surface area contributed by atoms with E-state index < -0.39 is 0 Å². The number of anilines is 1. The van der Waals surface area contributed by atoms with Crippen molar-refractivity contribution in [3.05, 3.63) is 18.1 Å². The van der Waals surface area contributed by atoms with Gasteiger partial charge >= 0.3 is 6.09 Å². The number of nitrogens with zero attached hydrogens (tertiary/aromatic N) is 6. The first kappa shape index (κ1) is 14.0. The molecule has 0 N–H and O–H groups in total. The summed E-state index contributed by atoms with van der Waals surface area (Å²) in [5.41, 5.74) is 2.72. The van der Waals surface area contributed by atoms with Gasteiger partial charge in [0.1, 0.15) is 12.9 Å². The zero-order chi connectivity index (χ0) is 16.3. The number of ether oxygens (including phenoxy) is 1. The smallest absolute Gasteiger partial charge is 0.410 e. The summed E-state index contributed by atoms with van der Waals surface area (Å²) >= 11 is 0. The van der Waals surface area contributed by atoms with Gasteiger partial charge in [-0.2, -0.15) is 9.61 Å². The largest absolute Gasteiger partial charge is 0.447 e. The van der Waals surface area contributed by atoms with E-state index in [0.717, 1.165) is 36.5 Å². The first-order chi connectivity index (χ1) is 11.7. The van der Waals surface area contributed by atoms with Crippen molar-refractivity contribution >= 4 is 17.4 Å². The third-order valence-corrected chi connectivity index (χ3v) is 5.60. The molecule has 2 saturated heterocycles. The van der Waals surface area contributed by atoms with E-state index in [-0.39, 0.29) is 11.6 Å². The second-order valence-corrected chi connectivity index (χ2v) is 7.03. The first-order valence-corrected chi connectivity index (χ1v) is 8.60. The van der Waals surface area contributed by atoms with Crippen LogP contribution in [0.25, 0.3) is 5.65 Å². The zero-order valence-corrected chi connectivity index (χ0v) is 13.7. The molecule has 1 unspecified atom stereocenters. The van der Waals surface area contributed by atoms with Crippen LogP contribution in [0.3, 0.4) is 0 Å². The number of aromatic nitrogens is 4. The maximum atomic E-state index is 12.0. The number of hydrogen-bond acceptors (Lipinski definition) is 6. The summed E-state index contributed by atoms with van der Waals surface area (Å²) in [6, 6.07) is 2.17. The molecule has 4 heterocycles. The average Bonchev–Trinajstić information content (AvgIpc) is 3.26. The van der Waals surface area contributed by atoms with Crippen LogP contribution >= 0.6 is 0 Å². The molecular formula is C16H20N6O2. The molecule has 0 spiro atoms. The molecular weight excluding hydrogens is 308 g/mol. The Morgan fingerprint density at radius 1 is 1.38 bits per heavy atom. The lowest BCUT2D eigenvalue weighted by molar-refractivity contribution is 0.137. The zero-order valence-electron chi connectivity index (χ0n) is 13.7. The Labute approximate surface area is 139 Å². The normalized spacial score (nSPS) is 26.8. The van der Waals surface area contributed by atoms with Gasteiger partial charge in [-0.3, -0.25) is 4.90 Å². The molecule has 1 amide bonds. The number of carbonyl (C=O) groups is 1. The standard InChI is InChI=1S/C16H20N6O2/c1-2-16-8-20(5-6-21(16)15(23)24-9-16)13-7-12(11-3-4-11)19-22-10-17-18-14(13)22/h7,10-11H,2-6,8-9H2,1H3. The monoisotopic (exact) mass is 328 g/mol. The lowest BCUT2D eigenvalue weighted by Crippen LogP contribution is -2.61. The minimum absolute atomic E-state index is 0.183. The van der Waals surface area contributed by atoms with Gasteiger partial charge in [-0.25, -0.2) is 4.79 Å². The highest BCUT2D eigenvalue weighted by Crippen LogP contribution is 2.41. The minimum Gasteiger partial charge on any atom is -0.447 e. The summed E-state index contributed by atoms with van der Waals surface area (Å²) in [4.78, 5) is 16.2. The van der Waals surface area contributed by atoms with E-state index in [4.69, 9.17) is 4.74 Å². The fraction of sp³-hybridized carbons (Fsp3) is 0.625. The van der Waals surface area contributed by atoms with Gasteiger partial charge in [-0.1, -0.05) is 6.92 Å². The van der Waals surface area contributed by atoms with Crippen molar-refractivity contribution in [1.29, 1.82) is 0 Å². The summed E-state index contributed by atoms with van der Waals surface area (Å²) in [5, 5.41) is 12.9. The second kappa shape index (κ2) is 4.81. The number of carbonyl (C=O) groups excluding carboxylic acids is 1. The Hall–Kier alpha value is -2.38. The Balaban J connectivity index is 1.55. The molecule has 24 heavy (non-hydrogen) atoms. The van der Waals surface area contributed by atoms with E-state index in [0.29, 0.717) is 19.1 Å². The summed E-state index contributed by atoms with van der Waals surface area (Å²) in [7, 11) is 0. The number of amides is 1. The summed E-state index contributed by atoms with van der Waals surface area (Å²) in [6.07, 6.45) is 4.76. The van der Waals surface area contributed by atoms with Crippen LogP contribution in [0.2, 0.25) is 0 Å². The molecule has 0 radical (unpaired) electrons. The van der Waals surface area contributed by atoms with Gasteiger partial charge in [-0.05, 0) is 25.3 Å². The molecule has 1 saturated carbocycles. The highest BCUT2D eigenvalue weighted by atomic mass is 16.6. The van der Waals surface area contributed by atoms with Gasteiger partial charge in [0.05, 0.1) is 16.9 Å². The molecule has 126 valence electrons. The predicted molar refractivity (Wildman–Crippen MR) is 86.0 cm³/mol. The highest BCUT2D eigenvalue weighted by Gasteiger charge is 2.50. The van der Waals surface area contributed by atoms with Crippen LogP contribution < -0.4 is 4.90 Å². The molecule has 0 aromatic carbocycles. The van der Waals surface area contributed by atoms with Gasteiger partial charge in [0, 0.05) is 25.6 Å². The number of hydrogen-bond donors (Lipinski definition) is 0. The number of rotatable bonds is 3. The number of fused-ring (bicyclic) bond motifs is 2. The Morgan fingerprint density at radius 2 is 2.25 bits per heavy atom. The van der Waals surface area contributed by atoms with Crippen LogP contribution in [0.4, 0.5) is 10.5 Å². The highest BCUT2D eigenvalue weighted by molar-refractivity contribution is 5.74. The third kappa shape index (κ3) is 1.91. The molecule has 2 aromatic heterocycles. The van der Waals surface area contributed by atoms with E-state index in [9.17, 15) is 4.79 Å². The van der Waals surface area contributed by atoms with Crippen molar-refractivity contribution in [3.8, 4) is 0 Å². The first-order valence-electron chi connectivity index (χ1n) is 8.60. The molecule has 0 bridgehead atoms. The number of piperazine rings is 1. The van der Waals surface area contributed by atoms with Crippen LogP contribution in [-0.2, 0) is 4.74 Å². The summed E-state index contributed by atoms with van der Waals surface area (Å²) in [6.45, 7) is 4.78. The molecule has 8 heteroatoms. The molecule has 3 fully saturated rings. The van der Waals surface area contributed by atoms with Crippen molar-refractivity contribution in [3.63, 3.8) is 0 Å². The van der Waals surface area contributed by atoms with E-state index >= 15 is 0 Å². The summed E-state index contributed by atoms with van der Waals surface area (Å²) < 4.78 is 7.12. The molecule has 2 aliphatic heterocycles. The maximum Gasteiger partial charge on any atom is 0.410 e. The topological polar surface area (TPSA) is 75.9 Å². The van der Waals surface area contributed by atoms with Gasteiger partial charge < -0.3 is 9.64 Å². The molecule has 1 atom stereocenters. The van der Waals surface area contributed by atoms with E-state index in [1.54, 1.807) is 10.8 Å². The SMILES string of the molecule is CCC12COC(=O)N1CCN(c1cc(C3CC3)nn3cnnc13)C2. The van der Waals surface area contributed by atoms with Crippen molar-refractivity contribution in [2.75, 3.05) is 31.1 Å². The van der Waals surface area contributed by atoms with E-state index in [2.05, 4.69) is 33.2 Å². The van der Waals surface area contributed by atoms with Crippen LogP contribution in [0, 0.1) is 0 Å². The van der Waals surface area contributed by atoms with Gasteiger partial charge in [0.25, 0.3) is 0 Å². The molecule has 1 aliphatic carbocycles. The third-order valence-electron chi connectivity index (χ3n) is 5.60.